The topological polar surface area (TPSA) is 113 Å². The first kappa shape index (κ1) is 26.2. The Balaban J connectivity index is 2.37. The number of carbonyl (C=O) groups is 1. The molecule has 2 aromatic rings. The number of pyridine rings is 1. The highest BCUT2D eigenvalue weighted by molar-refractivity contribution is 6.31. The Labute approximate surface area is 194 Å². The Morgan fingerprint density at radius 1 is 1.27 bits per heavy atom. The second-order valence-electron chi connectivity index (χ2n) is 7.49. The molecule has 0 aliphatic heterocycles. The number of carbonyl (C=O) groups excluding carboxylic acids is 1. The molecule has 0 spiro atoms. The van der Waals surface area contributed by atoms with Crippen LogP contribution in [0.1, 0.15) is 43.4 Å². The molecule has 0 aliphatic carbocycles. The smallest absolute Gasteiger partial charge is 0.394 e. The molecule has 8 nitrogen and oxygen atoms in total. The third-order valence-corrected chi connectivity index (χ3v) is 4.81. The van der Waals surface area contributed by atoms with Crippen LogP contribution >= 0.6 is 11.6 Å². The summed E-state index contributed by atoms with van der Waals surface area (Å²) in [5, 5.41) is 23.9. The van der Waals surface area contributed by atoms with E-state index in [1.807, 2.05) is 13.8 Å². The normalized spacial score (nSPS) is 11.3. The highest BCUT2D eigenvalue weighted by Gasteiger charge is 2.31. The van der Waals surface area contributed by atoms with Gasteiger partial charge in [-0.3, -0.25) is 5.01 Å². The number of urea groups is 1. The molecule has 1 heterocycles. The number of hydrogen-bond donors (Lipinski definition) is 5. The summed E-state index contributed by atoms with van der Waals surface area (Å²) in [5.74, 6) is 0.712. The van der Waals surface area contributed by atoms with Crippen molar-refractivity contribution in [1.82, 2.24) is 10.4 Å². The minimum absolute atomic E-state index is 0.0196. The Kier molecular flexibility index (Phi) is 8.51. The second kappa shape index (κ2) is 10.7. The fourth-order valence-electron chi connectivity index (χ4n) is 3.15. The van der Waals surface area contributed by atoms with Gasteiger partial charge in [0, 0.05) is 29.0 Å². The van der Waals surface area contributed by atoms with Crippen LogP contribution in [0.3, 0.4) is 0 Å². The Morgan fingerprint density at radius 3 is 2.45 bits per heavy atom. The van der Waals surface area contributed by atoms with E-state index in [4.69, 9.17) is 17.0 Å². The lowest BCUT2D eigenvalue weighted by Crippen LogP contribution is -2.46. The van der Waals surface area contributed by atoms with Crippen LogP contribution in [0, 0.1) is 5.41 Å². The molecule has 5 N–H and O–H groups in total. The van der Waals surface area contributed by atoms with Crippen LogP contribution in [0.2, 0.25) is 5.02 Å². The fourth-order valence-corrected chi connectivity index (χ4v) is 3.39. The highest BCUT2D eigenvalue weighted by Crippen LogP contribution is 2.33. The number of rotatable bonds is 8. The van der Waals surface area contributed by atoms with Crippen LogP contribution in [-0.2, 0) is 6.18 Å². The zero-order valence-electron chi connectivity index (χ0n) is 18.6. The van der Waals surface area contributed by atoms with Crippen molar-refractivity contribution in [3.05, 3.63) is 46.0 Å². The van der Waals surface area contributed by atoms with Gasteiger partial charge in [0.05, 0.1) is 18.7 Å². The zero-order chi connectivity index (χ0) is 24.9. The highest BCUT2D eigenvalue weighted by atomic mass is 35.5. The van der Waals surface area contributed by atoms with Gasteiger partial charge in [-0.05, 0) is 42.7 Å². The van der Waals surface area contributed by atoms with E-state index in [0.29, 0.717) is 17.1 Å². The maximum atomic E-state index is 13.0. The molecule has 0 fully saturated rings. The summed E-state index contributed by atoms with van der Waals surface area (Å²) in [5.41, 5.74) is 3.06. The van der Waals surface area contributed by atoms with Gasteiger partial charge in [0.15, 0.2) is 0 Å². The first-order valence-electron chi connectivity index (χ1n) is 9.99. The van der Waals surface area contributed by atoms with Crippen LogP contribution < -0.4 is 21.1 Å². The first-order chi connectivity index (χ1) is 15.4. The van der Waals surface area contributed by atoms with Crippen LogP contribution in [0.25, 0.3) is 0 Å². The summed E-state index contributed by atoms with van der Waals surface area (Å²) < 4.78 is 39.1. The molecule has 0 atom stereocenters. The van der Waals surface area contributed by atoms with Gasteiger partial charge in [-0.25, -0.2) is 15.2 Å². The van der Waals surface area contributed by atoms with Crippen LogP contribution in [0.5, 0.6) is 0 Å². The molecule has 12 heteroatoms. The van der Waals surface area contributed by atoms with E-state index in [2.05, 4.69) is 21.0 Å². The second-order valence-corrected chi connectivity index (χ2v) is 7.93. The van der Waals surface area contributed by atoms with Crippen molar-refractivity contribution in [2.75, 3.05) is 35.8 Å². The van der Waals surface area contributed by atoms with E-state index in [-0.39, 0.29) is 35.6 Å². The lowest BCUT2D eigenvalue weighted by Gasteiger charge is -2.26. The largest absolute Gasteiger partial charge is 0.416 e. The van der Waals surface area contributed by atoms with Gasteiger partial charge in [0.25, 0.3) is 0 Å². The number of aliphatic hydroxyl groups excluding tert-OH is 1. The van der Waals surface area contributed by atoms with Gasteiger partial charge in [-0.15, -0.1) is 0 Å². The Morgan fingerprint density at radius 2 is 1.94 bits per heavy atom. The van der Waals surface area contributed by atoms with Crippen molar-refractivity contribution in [3.8, 4) is 0 Å². The van der Waals surface area contributed by atoms with E-state index in [1.54, 1.807) is 20.0 Å². The molecular formula is C21H26ClF3N6O2. The molecule has 0 aliphatic rings. The average molecular weight is 487 g/mol. The molecule has 0 saturated carbocycles. The van der Waals surface area contributed by atoms with Gasteiger partial charge in [-0.1, -0.05) is 25.4 Å². The third-order valence-electron chi connectivity index (χ3n) is 4.59. The maximum Gasteiger partial charge on any atom is 0.416 e. The van der Waals surface area contributed by atoms with E-state index in [0.717, 1.165) is 17.7 Å². The average Bonchev–Trinajstić information content (AvgIpc) is 2.71. The minimum Gasteiger partial charge on any atom is -0.394 e. The van der Waals surface area contributed by atoms with E-state index >= 15 is 0 Å². The molecular weight excluding hydrogens is 461 g/mol. The number of aliphatic hydroxyl groups is 1. The quantitative estimate of drug-likeness (QED) is 0.270. The summed E-state index contributed by atoms with van der Waals surface area (Å²) in [4.78, 5) is 17.0. The maximum absolute atomic E-state index is 13.0. The van der Waals surface area contributed by atoms with Gasteiger partial charge >= 0.3 is 12.2 Å². The molecule has 2 amide bonds. The Bertz CT molecular complexity index is 1030. The lowest BCUT2D eigenvalue weighted by atomic mass is 9.95. The number of amides is 2. The number of anilines is 3. The molecule has 2 rings (SSSR count). The van der Waals surface area contributed by atoms with Gasteiger partial charge in [0.1, 0.15) is 11.6 Å². The van der Waals surface area contributed by atoms with E-state index < -0.39 is 17.8 Å². The standard InChI is InChI=1S/C21H26ClF3N6O2/c1-11(2)16-10-17(29-19(27-4)18(16)12(3)26)31(5-6-32)30-20(33)28-15-8-13(21(23,24)25)7-14(22)9-15/h7-11,26,32H,5-6H2,1-4H3,(H,27,29)(H2,28,30,33). The van der Waals surface area contributed by atoms with E-state index in [1.165, 1.54) is 11.1 Å². The predicted molar refractivity (Wildman–Crippen MR) is 123 cm³/mol. The van der Waals surface area contributed by atoms with Crippen molar-refractivity contribution >= 4 is 40.7 Å². The number of nitrogens with one attached hydrogen (secondary N) is 4. The summed E-state index contributed by atoms with van der Waals surface area (Å²) in [6.07, 6.45) is -4.63. The molecule has 0 unspecified atom stereocenters. The van der Waals surface area contributed by atoms with Crippen molar-refractivity contribution in [1.29, 1.82) is 5.41 Å². The molecule has 180 valence electrons. The number of halogens is 4. The summed E-state index contributed by atoms with van der Waals surface area (Å²) in [7, 11) is 1.65. The summed E-state index contributed by atoms with van der Waals surface area (Å²) >= 11 is 5.76. The summed E-state index contributed by atoms with van der Waals surface area (Å²) in [6.45, 7) is 5.14. The zero-order valence-corrected chi connectivity index (χ0v) is 19.3. The molecule has 1 aromatic heterocycles. The Hall–Kier alpha value is -3.05. The number of nitrogens with zero attached hydrogens (tertiary/aromatic N) is 2. The molecule has 0 bridgehead atoms. The molecule has 0 saturated heterocycles. The van der Waals surface area contributed by atoms with Crippen LogP contribution in [0.15, 0.2) is 24.3 Å². The number of benzene rings is 1. The number of aromatic nitrogens is 1. The third kappa shape index (κ3) is 6.72. The van der Waals surface area contributed by atoms with Crippen molar-refractivity contribution in [2.45, 2.75) is 32.9 Å². The summed E-state index contributed by atoms with van der Waals surface area (Å²) in [6, 6.07) is 3.53. The van der Waals surface area contributed by atoms with Crippen LogP contribution in [-0.4, -0.2) is 42.0 Å². The van der Waals surface area contributed by atoms with Crippen molar-refractivity contribution in [2.24, 2.45) is 0 Å². The minimum atomic E-state index is -4.63. The number of alkyl halides is 3. The van der Waals surface area contributed by atoms with Gasteiger partial charge in [0.2, 0.25) is 0 Å². The SMILES string of the molecule is CNc1nc(N(CCO)NC(=O)Nc2cc(Cl)cc(C(F)(F)F)c2)cc(C(C)C)c1C(C)=N. The van der Waals surface area contributed by atoms with Crippen molar-refractivity contribution in [3.63, 3.8) is 0 Å². The van der Waals surface area contributed by atoms with E-state index in [9.17, 15) is 23.1 Å². The van der Waals surface area contributed by atoms with Gasteiger partial charge in [-0.2, -0.15) is 13.2 Å². The number of hydrogen-bond acceptors (Lipinski definition) is 6. The van der Waals surface area contributed by atoms with Crippen LogP contribution in [0.4, 0.5) is 35.3 Å². The lowest BCUT2D eigenvalue weighted by molar-refractivity contribution is -0.137. The number of hydrazine groups is 1. The van der Waals surface area contributed by atoms with Crippen molar-refractivity contribution < 1.29 is 23.1 Å². The fraction of sp³-hybridized carbons (Fsp3) is 0.381. The monoisotopic (exact) mass is 486 g/mol. The molecule has 1 aromatic carbocycles. The first-order valence-corrected chi connectivity index (χ1v) is 10.4. The molecule has 33 heavy (non-hydrogen) atoms. The predicted octanol–water partition coefficient (Wildman–Crippen LogP) is 4.84. The van der Waals surface area contributed by atoms with Gasteiger partial charge < -0.3 is 21.1 Å². The molecule has 0 radical (unpaired) electrons.